The third-order valence-corrected chi connectivity index (χ3v) is 4.82. The molecule has 1 atom stereocenters. The number of benzene rings is 1. The fourth-order valence-corrected chi connectivity index (χ4v) is 3.16. The van der Waals surface area contributed by atoms with Gasteiger partial charge < -0.3 is 14.5 Å². The summed E-state index contributed by atoms with van der Waals surface area (Å²) in [4.78, 5) is 23.3. The lowest BCUT2D eigenvalue weighted by molar-refractivity contribution is -0.125. The zero-order chi connectivity index (χ0) is 18.7. The highest BCUT2D eigenvalue weighted by Crippen LogP contribution is 2.24. The monoisotopic (exact) mass is 354 g/mol. The van der Waals surface area contributed by atoms with Crippen molar-refractivity contribution >= 4 is 17.4 Å². The summed E-state index contributed by atoms with van der Waals surface area (Å²) < 4.78 is 5.19. The molecule has 0 aliphatic carbocycles. The van der Waals surface area contributed by atoms with Crippen LogP contribution < -0.4 is 14.5 Å². The number of carbonyl (C=O) groups is 1. The van der Waals surface area contributed by atoms with Crippen molar-refractivity contribution in [2.24, 2.45) is 0 Å². The molecular weight excluding hydrogens is 328 g/mol. The first-order valence-corrected chi connectivity index (χ1v) is 8.81. The van der Waals surface area contributed by atoms with Gasteiger partial charge in [-0.1, -0.05) is 6.07 Å². The van der Waals surface area contributed by atoms with Gasteiger partial charge in [0, 0.05) is 45.6 Å². The standard InChI is InChI=1S/C20H26N4O2/c1-15-20(25)24(17-6-8-18(26-4)9-7-17)12-11-23(15)14-16-5-10-19(21-13-16)22(2)3/h5-10,13,15H,11-12,14H2,1-4H3/t15-/m0/s1. The molecule has 1 aliphatic rings. The molecule has 1 amide bonds. The van der Waals surface area contributed by atoms with Gasteiger partial charge in [-0.05, 0) is 42.8 Å². The summed E-state index contributed by atoms with van der Waals surface area (Å²) in [6.45, 7) is 4.21. The van der Waals surface area contributed by atoms with Gasteiger partial charge in [0.15, 0.2) is 0 Å². The molecule has 0 unspecified atom stereocenters. The third kappa shape index (κ3) is 3.80. The molecule has 1 aromatic carbocycles. The van der Waals surface area contributed by atoms with Gasteiger partial charge in [0.05, 0.1) is 13.2 Å². The SMILES string of the molecule is COc1ccc(N2CCN(Cc3ccc(N(C)C)nc3)[C@@H](C)C2=O)cc1. The second kappa shape index (κ2) is 7.74. The molecule has 1 fully saturated rings. The van der Waals surface area contributed by atoms with Gasteiger partial charge in [-0.3, -0.25) is 9.69 Å². The topological polar surface area (TPSA) is 48.9 Å². The maximum absolute atomic E-state index is 12.9. The van der Waals surface area contributed by atoms with Gasteiger partial charge in [0.1, 0.15) is 11.6 Å². The molecule has 26 heavy (non-hydrogen) atoms. The number of rotatable bonds is 5. The lowest BCUT2D eigenvalue weighted by Crippen LogP contribution is -2.55. The van der Waals surface area contributed by atoms with Gasteiger partial charge in [-0.25, -0.2) is 4.98 Å². The highest BCUT2D eigenvalue weighted by atomic mass is 16.5. The van der Waals surface area contributed by atoms with Crippen LogP contribution in [0.2, 0.25) is 0 Å². The molecule has 1 aliphatic heterocycles. The summed E-state index contributed by atoms with van der Waals surface area (Å²) in [6, 6.07) is 11.6. The molecule has 0 bridgehead atoms. The minimum absolute atomic E-state index is 0.124. The van der Waals surface area contributed by atoms with Crippen LogP contribution in [0.3, 0.4) is 0 Å². The Balaban J connectivity index is 1.67. The van der Waals surface area contributed by atoms with Gasteiger partial charge in [-0.2, -0.15) is 0 Å². The Labute approximate surface area is 155 Å². The zero-order valence-electron chi connectivity index (χ0n) is 15.8. The molecule has 2 heterocycles. The van der Waals surface area contributed by atoms with E-state index >= 15 is 0 Å². The Morgan fingerprint density at radius 3 is 2.46 bits per heavy atom. The predicted molar refractivity (Wildman–Crippen MR) is 104 cm³/mol. The van der Waals surface area contributed by atoms with Crippen LogP contribution in [0.1, 0.15) is 12.5 Å². The van der Waals surface area contributed by atoms with Gasteiger partial charge in [0.2, 0.25) is 5.91 Å². The Bertz CT molecular complexity index is 743. The molecule has 2 aromatic rings. The number of anilines is 2. The number of carbonyl (C=O) groups excluding carboxylic acids is 1. The largest absolute Gasteiger partial charge is 0.497 e. The van der Waals surface area contributed by atoms with E-state index in [1.54, 1.807) is 7.11 Å². The van der Waals surface area contributed by atoms with E-state index in [1.807, 2.05) is 67.3 Å². The molecule has 6 heteroatoms. The molecule has 138 valence electrons. The molecule has 0 saturated carbocycles. The quantitative estimate of drug-likeness (QED) is 0.825. The first kappa shape index (κ1) is 18.2. The van der Waals surface area contributed by atoms with Crippen LogP contribution in [-0.2, 0) is 11.3 Å². The van der Waals surface area contributed by atoms with Gasteiger partial charge in [-0.15, -0.1) is 0 Å². The molecule has 0 spiro atoms. The van der Waals surface area contributed by atoms with Crippen molar-refractivity contribution < 1.29 is 9.53 Å². The van der Waals surface area contributed by atoms with Crippen molar-refractivity contribution in [3.63, 3.8) is 0 Å². The number of nitrogens with zero attached hydrogens (tertiary/aromatic N) is 4. The summed E-state index contributed by atoms with van der Waals surface area (Å²) in [6.07, 6.45) is 1.89. The lowest BCUT2D eigenvalue weighted by atomic mass is 10.1. The molecule has 1 saturated heterocycles. The van der Waals surface area contributed by atoms with Crippen molar-refractivity contribution in [1.82, 2.24) is 9.88 Å². The Kier molecular flexibility index (Phi) is 5.42. The highest BCUT2D eigenvalue weighted by Gasteiger charge is 2.32. The predicted octanol–water partition coefficient (Wildman–Crippen LogP) is 2.39. The van der Waals surface area contributed by atoms with Crippen molar-refractivity contribution in [2.75, 3.05) is 44.1 Å². The van der Waals surface area contributed by atoms with Crippen molar-refractivity contribution in [3.05, 3.63) is 48.2 Å². The number of ether oxygens (including phenoxy) is 1. The highest BCUT2D eigenvalue weighted by molar-refractivity contribution is 5.97. The van der Waals surface area contributed by atoms with E-state index in [-0.39, 0.29) is 11.9 Å². The van der Waals surface area contributed by atoms with Crippen molar-refractivity contribution in [2.45, 2.75) is 19.5 Å². The normalized spacial score (nSPS) is 18.1. The third-order valence-electron chi connectivity index (χ3n) is 4.82. The fraction of sp³-hybridized carbons (Fsp3) is 0.400. The summed E-state index contributed by atoms with van der Waals surface area (Å²) in [5.74, 6) is 1.85. The molecular formula is C20H26N4O2. The second-order valence-corrected chi connectivity index (χ2v) is 6.75. The van der Waals surface area contributed by atoms with Crippen LogP contribution in [0, 0.1) is 0 Å². The van der Waals surface area contributed by atoms with Crippen molar-refractivity contribution in [1.29, 1.82) is 0 Å². The number of methoxy groups -OCH3 is 1. The molecule has 6 nitrogen and oxygen atoms in total. The van der Waals surface area contributed by atoms with E-state index in [2.05, 4.69) is 16.0 Å². The fourth-order valence-electron chi connectivity index (χ4n) is 3.16. The van der Waals surface area contributed by atoms with Gasteiger partial charge >= 0.3 is 0 Å². The number of hydrogen-bond donors (Lipinski definition) is 0. The van der Waals surface area contributed by atoms with Crippen LogP contribution in [0.4, 0.5) is 11.5 Å². The minimum Gasteiger partial charge on any atom is -0.497 e. The van der Waals surface area contributed by atoms with Crippen LogP contribution >= 0.6 is 0 Å². The van der Waals surface area contributed by atoms with Crippen molar-refractivity contribution in [3.8, 4) is 5.75 Å². The number of amides is 1. The van der Waals surface area contributed by atoms with E-state index in [0.29, 0.717) is 6.54 Å². The van der Waals surface area contributed by atoms with E-state index in [1.165, 1.54) is 0 Å². The van der Waals surface area contributed by atoms with E-state index in [4.69, 9.17) is 4.74 Å². The zero-order valence-corrected chi connectivity index (χ0v) is 15.8. The van der Waals surface area contributed by atoms with E-state index < -0.39 is 0 Å². The van der Waals surface area contributed by atoms with Crippen LogP contribution in [0.25, 0.3) is 0 Å². The molecule has 1 aromatic heterocycles. The number of piperazine rings is 1. The summed E-state index contributed by atoms with van der Waals surface area (Å²) >= 11 is 0. The Morgan fingerprint density at radius 2 is 1.88 bits per heavy atom. The number of hydrogen-bond acceptors (Lipinski definition) is 5. The number of pyridine rings is 1. The van der Waals surface area contributed by atoms with Gasteiger partial charge in [0.25, 0.3) is 0 Å². The van der Waals surface area contributed by atoms with Crippen LogP contribution in [0.15, 0.2) is 42.6 Å². The first-order valence-electron chi connectivity index (χ1n) is 8.81. The summed E-state index contributed by atoms with van der Waals surface area (Å²) in [5, 5.41) is 0. The van der Waals surface area contributed by atoms with Crippen LogP contribution in [-0.4, -0.2) is 56.1 Å². The van der Waals surface area contributed by atoms with E-state index in [0.717, 1.165) is 35.9 Å². The summed E-state index contributed by atoms with van der Waals surface area (Å²) in [5.41, 5.74) is 2.03. The van der Waals surface area contributed by atoms with Crippen LogP contribution in [0.5, 0.6) is 5.75 Å². The molecule has 0 radical (unpaired) electrons. The average molecular weight is 354 g/mol. The Morgan fingerprint density at radius 1 is 1.15 bits per heavy atom. The maximum atomic E-state index is 12.9. The average Bonchev–Trinajstić information content (AvgIpc) is 2.66. The molecule has 3 rings (SSSR count). The minimum atomic E-state index is -0.167. The smallest absolute Gasteiger partial charge is 0.244 e. The second-order valence-electron chi connectivity index (χ2n) is 6.75. The first-order chi connectivity index (χ1) is 12.5. The lowest BCUT2D eigenvalue weighted by Gasteiger charge is -2.39. The number of aromatic nitrogens is 1. The Hall–Kier alpha value is -2.60. The summed E-state index contributed by atoms with van der Waals surface area (Å²) in [7, 11) is 5.59. The molecule has 0 N–H and O–H groups in total. The van der Waals surface area contributed by atoms with E-state index in [9.17, 15) is 4.79 Å². The maximum Gasteiger partial charge on any atom is 0.244 e.